The van der Waals surface area contributed by atoms with Crippen molar-refractivity contribution in [2.75, 3.05) is 24.2 Å². The van der Waals surface area contributed by atoms with Gasteiger partial charge in [-0.15, -0.1) is 0 Å². The highest BCUT2D eigenvalue weighted by molar-refractivity contribution is 7.92. The van der Waals surface area contributed by atoms with Crippen LogP contribution in [0.2, 0.25) is 0 Å². The fourth-order valence-electron chi connectivity index (χ4n) is 4.44. The van der Waals surface area contributed by atoms with Crippen LogP contribution in [0.5, 0.6) is 5.75 Å². The standard InChI is InChI=1S/C24H24FN3O4S/c1-27(33(2,31)32)22-18-10-16(9-14-5-7-17(25)8-6-14)11-26-21(18)23(29)20-19(22)13-28(24(20)30)12-15-3-4-15/h5-8,10-11,15,29H,3-4,9,12-13H2,1-2H3. The van der Waals surface area contributed by atoms with Gasteiger partial charge in [-0.1, -0.05) is 12.1 Å². The van der Waals surface area contributed by atoms with Gasteiger partial charge in [0, 0.05) is 37.3 Å². The predicted molar refractivity (Wildman–Crippen MR) is 123 cm³/mol. The number of carbonyl (C=O) groups is 1. The third-order valence-electron chi connectivity index (χ3n) is 6.41. The number of sulfonamides is 1. The van der Waals surface area contributed by atoms with Crippen molar-refractivity contribution in [2.24, 2.45) is 5.92 Å². The van der Waals surface area contributed by atoms with E-state index in [0.717, 1.165) is 34.5 Å². The topological polar surface area (TPSA) is 90.8 Å². The van der Waals surface area contributed by atoms with Gasteiger partial charge < -0.3 is 10.0 Å². The van der Waals surface area contributed by atoms with Gasteiger partial charge in [-0.2, -0.15) is 0 Å². The van der Waals surface area contributed by atoms with E-state index in [1.54, 1.807) is 29.3 Å². The number of phenols is 1. The van der Waals surface area contributed by atoms with Gasteiger partial charge in [-0.05, 0) is 54.5 Å². The molecule has 3 aromatic rings. The molecule has 1 fully saturated rings. The Morgan fingerprint density at radius 3 is 2.55 bits per heavy atom. The number of phenolic OH excluding ortho intramolecular Hbond substituents is 1. The van der Waals surface area contributed by atoms with Crippen LogP contribution in [0.15, 0.2) is 36.5 Å². The first kappa shape index (κ1) is 21.6. The van der Waals surface area contributed by atoms with Gasteiger partial charge in [0.2, 0.25) is 10.0 Å². The first-order chi connectivity index (χ1) is 15.6. The predicted octanol–water partition coefficient (Wildman–Crippen LogP) is 3.43. The molecule has 0 bridgehead atoms. The van der Waals surface area contributed by atoms with Crippen molar-refractivity contribution in [2.45, 2.75) is 25.8 Å². The summed E-state index contributed by atoms with van der Waals surface area (Å²) in [5.41, 5.74) is 2.82. The highest BCUT2D eigenvalue weighted by Gasteiger charge is 2.39. The van der Waals surface area contributed by atoms with E-state index in [9.17, 15) is 22.7 Å². The smallest absolute Gasteiger partial charge is 0.258 e. The molecule has 7 nitrogen and oxygen atoms in total. The Hall–Kier alpha value is -3.20. The second-order valence-electron chi connectivity index (χ2n) is 8.95. The summed E-state index contributed by atoms with van der Waals surface area (Å²) in [5.74, 6) is -0.386. The Kier molecular flexibility index (Phi) is 5.04. The maximum atomic E-state index is 13.3. The molecule has 1 N–H and O–H groups in total. The molecule has 0 atom stereocenters. The van der Waals surface area contributed by atoms with E-state index in [2.05, 4.69) is 4.98 Å². The molecule has 1 aromatic heterocycles. The van der Waals surface area contributed by atoms with E-state index in [4.69, 9.17) is 0 Å². The minimum absolute atomic E-state index is 0.132. The zero-order valence-electron chi connectivity index (χ0n) is 18.4. The number of benzene rings is 2. The third-order valence-corrected chi connectivity index (χ3v) is 7.59. The Balaban J connectivity index is 1.68. The van der Waals surface area contributed by atoms with E-state index >= 15 is 0 Å². The van der Waals surface area contributed by atoms with Gasteiger partial charge in [0.1, 0.15) is 11.3 Å². The molecule has 9 heteroatoms. The summed E-state index contributed by atoms with van der Waals surface area (Å²) in [6.45, 7) is 0.833. The van der Waals surface area contributed by atoms with Gasteiger partial charge in [0.25, 0.3) is 5.91 Å². The molecule has 0 unspecified atom stereocenters. The highest BCUT2D eigenvalue weighted by Crippen LogP contribution is 2.45. The summed E-state index contributed by atoms with van der Waals surface area (Å²) in [6.07, 6.45) is 5.28. The van der Waals surface area contributed by atoms with Crippen LogP contribution < -0.4 is 4.31 Å². The summed E-state index contributed by atoms with van der Waals surface area (Å²) in [6, 6.07) is 7.91. The monoisotopic (exact) mass is 469 g/mol. The van der Waals surface area contributed by atoms with Crippen molar-refractivity contribution in [3.63, 3.8) is 0 Å². The Bertz CT molecular complexity index is 1390. The van der Waals surface area contributed by atoms with Crippen molar-refractivity contribution in [1.29, 1.82) is 0 Å². The van der Waals surface area contributed by atoms with E-state index in [1.807, 2.05) is 0 Å². The Morgan fingerprint density at radius 1 is 1.21 bits per heavy atom. The number of nitrogens with zero attached hydrogens (tertiary/aromatic N) is 3. The maximum Gasteiger partial charge on any atom is 0.258 e. The average Bonchev–Trinajstić information content (AvgIpc) is 3.52. The van der Waals surface area contributed by atoms with Gasteiger partial charge in [-0.25, -0.2) is 12.8 Å². The number of aromatic nitrogens is 1. The lowest BCUT2D eigenvalue weighted by Gasteiger charge is -2.23. The number of aromatic hydroxyl groups is 1. The number of hydrogen-bond acceptors (Lipinski definition) is 5. The van der Waals surface area contributed by atoms with E-state index in [1.165, 1.54) is 19.2 Å². The quantitative estimate of drug-likeness (QED) is 0.597. The lowest BCUT2D eigenvalue weighted by molar-refractivity contribution is 0.0769. The number of hydrogen-bond donors (Lipinski definition) is 1. The largest absolute Gasteiger partial charge is 0.505 e. The minimum atomic E-state index is -3.65. The van der Waals surface area contributed by atoms with E-state index in [0.29, 0.717) is 35.5 Å². The molecule has 2 aromatic carbocycles. The van der Waals surface area contributed by atoms with Crippen LogP contribution in [0.4, 0.5) is 10.1 Å². The van der Waals surface area contributed by atoms with Crippen LogP contribution in [-0.4, -0.2) is 49.2 Å². The fraction of sp³-hybridized carbons (Fsp3) is 0.333. The fourth-order valence-corrected chi connectivity index (χ4v) is 4.98. The molecular formula is C24H24FN3O4S. The van der Waals surface area contributed by atoms with Gasteiger partial charge in [-0.3, -0.25) is 14.1 Å². The first-order valence-electron chi connectivity index (χ1n) is 10.8. The van der Waals surface area contributed by atoms with Crippen LogP contribution in [0.25, 0.3) is 10.9 Å². The Labute approximate surface area is 191 Å². The van der Waals surface area contributed by atoms with Crippen LogP contribution >= 0.6 is 0 Å². The van der Waals surface area contributed by atoms with Crippen LogP contribution in [0, 0.1) is 11.7 Å². The van der Waals surface area contributed by atoms with Crippen molar-refractivity contribution in [3.8, 4) is 5.75 Å². The first-order valence-corrected chi connectivity index (χ1v) is 12.6. The molecule has 1 saturated carbocycles. The number of pyridine rings is 1. The molecule has 0 radical (unpaired) electrons. The summed E-state index contributed by atoms with van der Waals surface area (Å²) >= 11 is 0. The van der Waals surface area contributed by atoms with Gasteiger partial charge in [0.15, 0.2) is 5.75 Å². The molecule has 2 heterocycles. The van der Waals surface area contributed by atoms with Crippen LogP contribution in [0.1, 0.15) is 39.9 Å². The second kappa shape index (κ2) is 7.69. The number of fused-ring (bicyclic) bond motifs is 2. The number of rotatable bonds is 6. The number of anilines is 1. The van der Waals surface area contributed by atoms with Crippen LogP contribution in [-0.2, 0) is 23.0 Å². The summed E-state index contributed by atoms with van der Waals surface area (Å²) in [5, 5.41) is 11.5. The van der Waals surface area contributed by atoms with Crippen LogP contribution in [0.3, 0.4) is 0 Å². The molecule has 1 aliphatic carbocycles. The molecule has 5 rings (SSSR count). The SMILES string of the molecule is CN(c1c2c(c(O)c3ncc(Cc4ccc(F)cc4)cc13)C(=O)N(CC1CC1)C2)S(C)(=O)=O. The maximum absolute atomic E-state index is 13.3. The average molecular weight is 470 g/mol. The van der Waals surface area contributed by atoms with E-state index in [-0.39, 0.29) is 35.1 Å². The number of halogens is 1. The molecule has 1 amide bonds. The van der Waals surface area contributed by atoms with Crippen molar-refractivity contribution < 1.29 is 22.7 Å². The normalized spacial score (nSPS) is 15.8. The van der Waals surface area contributed by atoms with Gasteiger partial charge in [0.05, 0.1) is 17.5 Å². The van der Waals surface area contributed by atoms with Crippen molar-refractivity contribution in [1.82, 2.24) is 9.88 Å². The molecule has 1 aliphatic heterocycles. The Morgan fingerprint density at radius 2 is 1.91 bits per heavy atom. The zero-order chi connectivity index (χ0) is 23.5. The second-order valence-corrected chi connectivity index (χ2v) is 11.0. The minimum Gasteiger partial charge on any atom is -0.505 e. The number of amides is 1. The number of carbonyl (C=O) groups excluding carboxylic acids is 1. The highest BCUT2D eigenvalue weighted by atomic mass is 32.2. The lowest BCUT2D eigenvalue weighted by atomic mass is 9.98. The van der Waals surface area contributed by atoms with Crippen molar-refractivity contribution >= 4 is 32.5 Å². The lowest BCUT2D eigenvalue weighted by Crippen LogP contribution is -2.27. The van der Waals surface area contributed by atoms with E-state index < -0.39 is 10.0 Å². The third kappa shape index (κ3) is 3.90. The molecule has 33 heavy (non-hydrogen) atoms. The summed E-state index contributed by atoms with van der Waals surface area (Å²) in [7, 11) is -2.20. The zero-order valence-corrected chi connectivity index (χ0v) is 19.2. The summed E-state index contributed by atoms with van der Waals surface area (Å²) in [4.78, 5) is 19.2. The molecule has 0 saturated heterocycles. The van der Waals surface area contributed by atoms with Gasteiger partial charge >= 0.3 is 0 Å². The molecule has 172 valence electrons. The molecular weight excluding hydrogens is 445 g/mol. The molecule has 2 aliphatic rings. The summed E-state index contributed by atoms with van der Waals surface area (Å²) < 4.78 is 39.5. The van der Waals surface area contributed by atoms with Crippen molar-refractivity contribution in [3.05, 3.63) is 64.6 Å². The molecule has 0 spiro atoms.